The Morgan fingerprint density at radius 3 is 1.02 bits per heavy atom. The van der Waals surface area contributed by atoms with Gasteiger partial charge in [0.1, 0.15) is 0 Å². The van der Waals surface area contributed by atoms with E-state index in [1.807, 2.05) is 30.6 Å². The van der Waals surface area contributed by atoms with E-state index < -0.39 is 0 Å². The third-order valence-electron chi connectivity index (χ3n) is 13.7. The number of pyridine rings is 1. The van der Waals surface area contributed by atoms with Crippen LogP contribution in [0, 0.1) is 11.3 Å². The Morgan fingerprint density at radius 1 is 0.318 bits per heavy atom. The molecule has 0 saturated carbocycles. The largest absolute Gasteiger partial charge is 0.309 e. The van der Waals surface area contributed by atoms with Crippen LogP contribution < -0.4 is 0 Å². The summed E-state index contributed by atoms with van der Waals surface area (Å²) in [6.45, 7) is 0. The minimum Gasteiger partial charge on any atom is -0.309 e. The molecule has 6 nitrogen and oxygen atoms in total. The Balaban J connectivity index is 1.10. The van der Waals surface area contributed by atoms with Crippen molar-refractivity contribution in [2.45, 2.75) is 0 Å². The number of fused-ring (bicyclic) bond motifs is 12. The van der Waals surface area contributed by atoms with Crippen LogP contribution in [0.1, 0.15) is 5.56 Å². The van der Waals surface area contributed by atoms with Gasteiger partial charge in [-0.15, -0.1) is 0 Å². The van der Waals surface area contributed by atoms with Gasteiger partial charge in [-0.1, -0.05) is 140 Å². The fourth-order valence-corrected chi connectivity index (χ4v) is 11.0. The van der Waals surface area contributed by atoms with Crippen LogP contribution in [0.2, 0.25) is 0 Å². The van der Waals surface area contributed by atoms with Crippen LogP contribution in [0.25, 0.3) is 121 Å². The number of nitrogens with zero attached hydrogens (tertiary/aromatic N) is 6. The van der Waals surface area contributed by atoms with Gasteiger partial charge in [0.15, 0.2) is 0 Å². The van der Waals surface area contributed by atoms with E-state index in [1.54, 1.807) is 0 Å². The van der Waals surface area contributed by atoms with Gasteiger partial charge in [-0.05, 0) is 66.7 Å². The monoisotopic (exact) mass is 840 g/mol. The Bertz CT molecular complexity index is 4020. The van der Waals surface area contributed by atoms with Crippen LogP contribution in [-0.4, -0.2) is 23.3 Å². The van der Waals surface area contributed by atoms with Crippen molar-refractivity contribution < 1.29 is 0 Å². The summed E-state index contributed by atoms with van der Waals surface area (Å²) in [5, 5.41) is 20.3. The lowest BCUT2D eigenvalue weighted by Crippen LogP contribution is -2.06. The zero-order valence-corrected chi connectivity index (χ0v) is 35.5. The van der Waals surface area contributed by atoms with E-state index in [0.717, 1.165) is 99.6 Å². The standard InChI is InChI=1S/C60H36N6/c61-35-38-15-1-2-16-41(38)60-58(65-54-27-13-7-21-46(54)48-31-29-39(33-56(48)65)63-50-23-9-3-17-42(50)43-18-4-10-24-51(43)63)36-62-37-59(60)66-55-28-14-8-22-47(55)49-32-30-40(34-57(49)66)64-52-25-11-5-19-44(52)45-20-6-12-26-53(45)64/h1-34,36-37H. The number of benzene rings is 9. The number of para-hydroxylation sites is 6. The molecule has 0 amide bonds. The number of aromatic nitrogens is 5. The van der Waals surface area contributed by atoms with E-state index in [2.05, 4.69) is 212 Å². The maximum Gasteiger partial charge on any atom is 0.0998 e. The molecule has 6 heteroatoms. The number of nitriles is 1. The lowest BCUT2D eigenvalue weighted by atomic mass is 9.97. The fourth-order valence-electron chi connectivity index (χ4n) is 11.0. The van der Waals surface area contributed by atoms with Gasteiger partial charge in [-0.2, -0.15) is 5.26 Å². The Hall–Kier alpha value is -9.18. The number of hydrogen-bond donors (Lipinski definition) is 0. The molecule has 0 atom stereocenters. The number of hydrogen-bond acceptors (Lipinski definition) is 2. The molecule has 9 aromatic carbocycles. The topological polar surface area (TPSA) is 56.4 Å². The quantitative estimate of drug-likeness (QED) is 0.173. The van der Waals surface area contributed by atoms with E-state index >= 15 is 0 Å². The van der Waals surface area contributed by atoms with Crippen LogP contribution in [0.5, 0.6) is 0 Å². The first-order chi connectivity index (χ1) is 32.7. The summed E-state index contributed by atoms with van der Waals surface area (Å²) >= 11 is 0. The molecular formula is C60H36N6. The van der Waals surface area contributed by atoms with Gasteiger partial charge in [-0.3, -0.25) is 4.98 Å². The molecule has 14 rings (SSSR count). The molecule has 0 aliphatic heterocycles. The molecule has 66 heavy (non-hydrogen) atoms. The molecule has 0 saturated heterocycles. The highest BCUT2D eigenvalue weighted by Crippen LogP contribution is 2.44. The summed E-state index contributed by atoms with van der Waals surface area (Å²) in [4.78, 5) is 5.14. The Kier molecular flexibility index (Phi) is 7.65. The van der Waals surface area contributed by atoms with Crippen molar-refractivity contribution >= 4 is 87.2 Å². The van der Waals surface area contributed by atoms with Gasteiger partial charge in [0, 0.05) is 65.6 Å². The molecular weight excluding hydrogens is 805 g/mol. The van der Waals surface area contributed by atoms with Crippen molar-refractivity contribution in [2.24, 2.45) is 0 Å². The summed E-state index contributed by atoms with van der Waals surface area (Å²) < 4.78 is 9.47. The molecule has 0 fully saturated rings. The van der Waals surface area contributed by atoms with Crippen molar-refractivity contribution in [3.05, 3.63) is 224 Å². The van der Waals surface area contributed by atoms with Crippen molar-refractivity contribution in [1.29, 1.82) is 5.26 Å². The predicted molar refractivity (Wildman–Crippen MR) is 272 cm³/mol. The first kappa shape index (κ1) is 36.3. The molecule has 0 aliphatic carbocycles. The van der Waals surface area contributed by atoms with Gasteiger partial charge in [0.25, 0.3) is 0 Å². The van der Waals surface area contributed by atoms with Crippen molar-refractivity contribution in [3.63, 3.8) is 0 Å². The first-order valence-electron chi connectivity index (χ1n) is 22.3. The lowest BCUT2D eigenvalue weighted by molar-refractivity contribution is 1.09. The Labute approximate surface area is 378 Å². The summed E-state index contributed by atoms with van der Waals surface area (Å²) in [6.07, 6.45) is 3.95. The highest BCUT2D eigenvalue weighted by Gasteiger charge is 2.25. The van der Waals surface area contributed by atoms with E-state index in [9.17, 15) is 5.26 Å². The van der Waals surface area contributed by atoms with Crippen molar-refractivity contribution in [1.82, 2.24) is 23.3 Å². The predicted octanol–water partition coefficient (Wildman–Crippen LogP) is 15.0. The maximum atomic E-state index is 10.9. The molecule has 306 valence electrons. The van der Waals surface area contributed by atoms with Crippen LogP contribution >= 0.6 is 0 Å². The van der Waals surface area contributed by atoms with Gasteiger partial charge >= 0.3 is 0 Å². The average Bonchev–Trinajstić information content (AvgIpc) is 4.11. The van der Waals surface area contributed by atoms with Gasteiger partial charge < -0.3 is 18.3 Å². The van der Waals surface area contributed by atoms with E-state index in [-0.39, 0.29) is 0 Å². The molecule has 14 aromatic rings. The second-order valence-electron chi connectivity index (χ2n) is 17.1. The van der Waals surface area contributed by atoms with Gasteiger partial charge in [-0.25, -0.2) is 0 Å². The minimum atomic E-state index is 0.588. The van der Waals surface area contributed by atoms with Gasteiger partial charge in [0.2, 0.25) is 0 Å². The highest BCUT2D eigenvalue weighted by atomic mass is 15.1. The van der Waals surface area contributed by atoms with Crippen LogP contribution in [-0.2, 0) is 0 Å². The zero-order chi connectivity index (χ0) is 43.5. The molecule has 0 unspecified atom stereocenters. The maximum absolute atomic E-state index is 10.9. The average molecular weight is 841 g/mol. The smallest absolute Gasteiger partial charge is 0.0998 e. The van der Waals surface area contributed by atoms with Crippen LogP contribution in [0.15, 0.2) is 219 Å². The molecule has 5 heterocycles. The first-order valence-corrected chi connectivity index (χ1v) is 22.3. The summed E-state index contributed by atoms with van der Waals surface area (Å²) in [7, 11) is 0. The molecule has 0 N–H and O–H groups in total. The summed E-state index contributed by atoms with van der Waals surface area (Å²) in [5.41, 5.74) is 15.0. The summed E-state index contributed by atoms with van der Waals surface area (Å²) in [5.74, 6) is 0. The molecule has 0 bridgehead atoms. The zero-order valence-electron chi connectivity index (χ0n) is 35.5. The molecule has 0 spiro atoms. The third-order valence-corrected chi connectivity index (χ3v) is 13.7. The van der Waals surface area contributed by atoms with E-state index in [0.29, 0.717) is 5.56 Å². The molecule has 0 radical (unpaired) electrons. The van der Waals surface area contributed by atoms with Crippen LogP contribution in [0.4, 0.5) is 0 Å². The van der Waals surface area contributed by atoms with E-state index in [1.165, 1.54) is 21.5 Å². The van der Waals surface area contributed by atoms with Crippen LogP contribution in [0.3, 0.4) is 0 Å². The van der Waals surface area contributed by atoms with Gasteiger partial charge in [0.05, 0.1) is 79.5 Å². The highest BCUT2D eigenvalue weighted by molar-refractivity contribution is 6.15. The lowest BCUT2D eigenvalue weighted by Gasteiger charge is -2.20. The second-order valence-corrected chi connectivity index (χ2v) is 17.1. The Morgan fingerprint density at radius 2 is 0.636 bits per heavy atom. The third kappa shape index (κ3) is 5.02. The number of rotatable bonds is 5. The van der Waals surface area contributed by atoms with E-state index in [4.69, 9.17) is 4.98 Å². The van der Waals surface area contributed by atoms with Crippen molar-refractivity contribution in [3.8, 4) is 39.9 Å². The molecule has 5 aromatic heterocycles. The summed E-state index contributed by atoms with van der Waals surface area (Å²) in [6, 6.07) is 76.0. The normalized spacial score (nSPS) is 11.9. The second kappa shape index (κ2) is 13.9. The fraction of sp³-hybridized carbons (Fsp3) is 0. The van der Waals surface area contributed by atoms with Crippen molar-refractivity contribution in [2.75, 3.05) is 0 Å². The molecule has 0 aliphatic rings. The minimum absolute atomic E-state index is 0.588. The SMILES string of the molecule is N#Cc1ccccc1-c1c(-n2c3ccccc3c3ccc(-n4c5ccccc5c5ccccc54)cc32)cncc1-n1c2ccccc2c2ccc(-n3c4ccccc4c4ccccc43)cc21.